The van der Waals surface area contributed by atoms with Gasteiger partial charge in [-0.15, -0.1) is 0 Å². The predicted octanol–water partition coefficient (Wildman–Crippen LogP) is 3.80. The van der Waals surface area contributed by atoms with Crippen molar-refractivity contribution in [3.63, 3.8) is 0 Å². The third-order valence-corrected chi connectivity index (χ3v) is 7.44. The molecular weight excluding hydrogens is 369 g/mol. The van der Waals surface area contributed by atoms with Crippen molar-refractivity contribution < 1.29 is 16.4 Å². The molecule has 0 aromatic heterocycles. The van der Waals surface area contributed by atoms with Crippen LogP contribution in [0.5, 0.6) is 0 Å². The van der Waals surface area contributed by atoms with Gasteiger partial charge in [-0.3, -0.25) is 0 Å². The molecule has 1 aromatic carbocycles. The Bertz CT molecular complexity index is 217. The van der Waals surface area contributed by atoms with Crippen LogP contribution in [0.25, 0.3) is 0 Å². The SMILES string of the molecule is [Cl][Hf]([Cl])([Cl])[CH2]c1ccccc1. The summed E-state index contributed by atoms with van der Waals surface area (Å²) in [6, 6.07) is 9.85. The van der Waals surface area contributed by atoms with Crippen molar-refractivity contribution in [3.8, 4) is 0 Å². The van der Waals surface area contributed by atoms with E-state index in [1.165, 1.54) is 0 Å². The number of hydrogen-bond acceptors (Lipinski definition) is 0. The third-order valence-electron chi connectivity index (χ3n) is 1.25. The summed E-state index contributed by atoms with van der Waals surface area (Å²) in [7, 11) is 17.5. The minimum atomic E-state index is -3.26. The van der Waals surface area contributed by atoms with Gasteiger partial charge in [0.1, 0.15) is 0 Å². The second-order valence-electron chi connectivity index (χ2n) is 2.28. The molecular formula is C7H7Cl3Hf. The van der Waals surface area contributed by atoms with Gasteiger partial charge in [0.25, 0.3) is 0 Å². The molecule has 0 spiro atoms. The molecule has 0 fully saturated rings. The fourth-order valence-electron chi connectivity index (χ4n) is 0.827. The van der Waals surface area contributed by atoms with E-state index in [1.54, 1.807) is 0 Å². The van der Waals surface area contributed by atoms with Crippen molar-refractivity contribution >= 4 is 25.7 Å². The maximum absolute atomic E-state index is 5.82. The Morgan fingerprint density at radius 2 is 1.55 bits per heavy atom. The molecule has 4 heteroatoms. The number of rotatable bonds is 2. The first-order valence-corrected chi connectivity index (χ1v) is 19.1. The first kappa shape index (κ1) is 10.0. The van der Waals surface area contributed by atoms with Crippen LogP contribution >= 0.6 is 25.7 Å². The van der Waals surface area contributed by atoms with Gasteiger partial charge in [0.2, 0.25) is 0 Å². The normalized spacial score (nSPS) is 11.5. The summed E-state index contributed by atoms with van der Waals surface area (Å²) in [5.41, 5.74) is 1.13. The molecule has 11 heavy (non-hydrogen) atoms. The van der Waals surface area contributed by atoms with E-state index in [1.807, 2.05) is 30.3 Å². The van der Waals surface area contributed by atoms with E-state index >= 15 is 0 Å². The molecule has 0 amide bonds. The fraction of sp³-hybridized carbons (Fsp3) is 0.143. The van der Waals surface area contributed by atoms with Gasteiger partial charge in [-0.25, -0.2) is 0 Å². The van der Waals surface area contributed by atoms with Gasteiger partial charge < -0.3 is 0 Å². The predicted molar refractivity (Wildman–Crippen MR) is 47.7 cm³/mol. The molecule has 0 aliphatic carbocycles. The third kappa shape index (κ3) is 4.52. The van der Waals surface area contributed by atoms with Crippen LogP contribution in [0.1, 0.15) is 5.56 Å². The topological polar surface area (TPSA) is 0 Å². The van der Waals surface area contributed by atoms with Gasteiger partial charge in [0, 0.05) is 0 Å². The Hall–Kier alpha value is 0.960. The summed E-state index contributed by atoms with van der Waals surface area (Å²) in [5.74, 6) is 0. The summed E-state index contributed by atoms with van der Waals surface area (Å²) in [6.45, 7) is 0. The molecule has 0 saturated heterocycles. The van der Waals surface area contributed by atoms with Crippen LogP contribution in [0.3, 0.4) is 0 Å². The molecule has 0 atom stereocenters. The molecule has 0 saturated carbocycles. The van der Waals surface area contributed by atoms with E-state index in [0.29, 0.717) is 4.18 Å². The van der Waals surface area contributed by atoms with E-state index in [9.17, 15) is 0 Å². The number of hydrogen-bond donors (Lipinski definition) is 0. The Balaban J connectivity index is 2.66. The molecule has 0 N–H and O–H groups in total. The van der Waals surface area contributed by atoms with Crippen molar-refractivity contribution in [3.05, 3.63) is 35.9 Å². The summed E-state index contributed by atoms with van der Waals surface area (Å²) in [5, 5.41) is 0. The maximum atomic E-state index is 5.82. The van der Waals surface area contributed by atoms with E-state index in [-0.39, 0.29) is 0 Å². The van der Waals surface area contributed by atoms with Gasteiger partial charge >= 0.3 is 82.2 Å². The molecule has 1 aromatic rings. The second kappa shape index (κ2) is 4.27. The van der Waals surface area contributed by atoms with Crippen molar-refractivity contribution in [1.29, 1.82) is 0 Å². The molecule has 1 rings (SSSR count). The quantitative estimate of drug-likeness (QED) is 0.690. The van der Waals surface area contributed by atoms with Gasteiger partial charge in [-0.1, -0.05) is 0 Å². The first-order valence-electron chi connectivity index (χ1n) is 3.18. The zero-order chi connectivity index (χ0) is 8.32. The first-order chi connectivity index (χ1) is 5.08. The standard InChI is InChI=1S/C7H7.3ClH.Hf/c1-7-5-3-2-4-6-7;;;;/h2-6H,1H2;3*1H;/q;;;;+3/p-3. The average Bonchev–Trinajstić information content (AvgIpc) is 1.85. The van der Waals surface area contributed by atoms with Crippen LogP contribution in [0.15, 0.2) is 30.3 Å². The van der Waals surface area contributed by atoms with Crippen LogP contribution in [0, 0.1) is 0 Å². The van der Waals surface area contributed by atoms with Gasteiger partial charge in [0.05, 0.1) is 0 Å². The van der Waals surface area contributed by atoms with Crippen molar-refractivity contribution in [2.24, 2.45) is 0 Å². The summed E-state index contributed by atoms with van der Waals surface area (Å²) in [6.07, 6.45) is 0. The van der Waals surface area contributed by atoms with Gasteiger partial charge in [-0.05, 0) is 0 Å². The van der Waals surface area contributed by atoms with Crippen molar-refractivity contribution in [2.45, 2.75) is 4.18 Å². The molecule has 0 aliphatic rings. The minimum absolute atomic E-state index is 0.679. The van der Waals surface area contributed by atoms with E-state index in [0.717, 1.165) is 5.56 Å². The number of benzene rings is 1. The van der Waals surface area contributed by atoms with Crippen LogP contribution in [-0.2, 0) is 20.6 Å². The number of halogens is 3. The van der Waals surface area contributed by atoms with E-state index in [2.05, 4.69) is 0 Å². The van der Waals surface area contributed by atoms with Crippen LogP contribution in [0.2, 0.25) is 0 Å². The Morgan fingerprint density at radius 1 is 1.00 bits per heavy atom. The summed E-state index contributed by atoms with van der Waals surface area (Å²) < 4.78 is 0.679. The molecule has 0 aliphatic heterocycles. The van der Waals surface area contributed by atoms with Crippen LogP contribution < -0.4 is 0 Å². The molecule has 0 unspecified atom stereocenters. The molecule has 0 radical (unpaired) electrons. The Kier molecular flexibility index (Phi) is 3.90. The zero-order valence-corrected chi connectivity index (χ0v) is 11.6. The Labute approximate surface area is 81.5 Å². The molecule has 0 nitrogen and oxygen atoms in total. The van der Waals surface area contributed by atoms with E-state index in [4.69, 9.17) is 25.7 Å². The van der Waals surface area contributed by atoms with Crippen molar-refractivity contribution in [1.82, 2.24) is 0 Å². The van der Waals surface area contributed by atoms with Crippen LogP contribution in [0.4, 0.5) is 0 Å². The Morgan fingerprint density at radius 3 is 2.00 bits per heavy atom. The zero-order valence-electron chi connectivity index (χ0n) is 5.73. The summed E-state index contributed by atoms with van der Waals surface area (Å²) in [4.78, 5) is 0. The van der Waals surface area contributed by atoms with Gasteiger partial charge in [0.15, 0.2) is 0 Å². The van der Waals surface area contributed by atoms with Crippen LogP contribution in [-0.4, -0.2) is 0 Å². The molecule has 0 heterocycles. The molecule has 60 valence electrons. The summed E-state index contributed by atoms with van der Waals surface area (Å²) >= 11 is -3.26. The van der Waals surface area contributed by atoms with Crippen molar-refractivity contribution in [2.75, 3.05) is 0 Å². The molecule has 0 bridgehead atoms. The monoisotopic (exact) mass is 376 g/mol. The average molecular weight is 376 g/mol. The fourth-order valence-corrected chi connectivity index (χ4v) is 7.13. The second-order valence-corrected chi connectivity index (χ2v) is 28.6. The van der Waals surface area contributed by atoms with Gasteiger partial charge in [-0.2, -0.15) is 0 Å². The van der Waals surface area contributed by atoms with E-state index < -0.39 is 16.4 Å².